The van der Waals surface area contributed by atoms with Crippen LogP contribution in [-0.4, -0.2) is 10.7 Å². The maximum Gasteiger partial charge on any atom is 0.116 e. The van der Waals surface area contributed by atoms with E-state index in [1.54, 1.807) is 0 Å². The van der Waals surface area contributed by atoms with Crippen molar-refractivity contribution >= 4 is 24.0 Å². The second-order valence-corrected chi connectivity index (χ2v) is 6.23. The van der Waals surface area contributed by atoms with Crippen LogP contribution in [-0.2, 0) is 0 Å². The van der Waals surface area contributed by atoms with Crippen molar-refractivity contribution in [2.75, 3.05) is 5.75 Å². The molecule has 102 valence electrons. The lowest BCUT2D eigenvalue weighted by Crippen LogP contribution is -1.84. The number of aromatic amines is 1. The molecule has 1 aromatic rings. The molecule has 0 unspecified atom stereocenters. The Hall–Kier alpha value is -0.280. The minimum absolute atomic E-state index is 0.877. The van der Waals surface area contributed by atoms with Gasteiger partial charge in [-0.05, 0) is 24.3 Å². The molecule has 0 radical (unpaired) electrons. The molecule has 0 bridgehead atoms. The van der Waals surface area contributed by atoms with Crippen LogP contribution in [0.4, 0.5) is 0 Å². The van der Waals surface area contributed by atoms with Crippen LogP contribution in [0.2, 0.25) is 0 Å². The van der Waals surface area contributed by atoms with Gasteiger partial charge < -0.3 is 4.98 Å². The summed E-state index contributed by atoms with van der Waals surface area (Å²) in [5.74, 6) is 1.19. The molecular weight excluding hydrogens is 258 g/mol. The summed E-state index contributed by atoms with van der Waals surface area (Å²) in [6, 6.07) is 4.13. The van der Waals surface area contributed by atoms with Gasteiger partial charge in [0.1, 0.15) is 4.64 Å². The number of unbranched alkanes of at least 4 members (excludes halogenated alkanes) is 7. The molecule has 0 spiro atoms. The Labute approximate surface area is 121 Å². The van der Waals surface area contributed by atoms with Gasteiger partial charge in [-0.25, -0.2) is 0 Å². The first-order valence-electron chi connectivity index (χ1n) is 7.15. The average molecular weight is 284 g/mol. The zero-order valence-corrected chi connectivity index (χ0v) is 13.0. The average Bonchev–Trinajstić information content (AvgIpc) is 2.39. The van der Waals surface area contributed by atoms with Crippen molar-refractivity contribution in [3.8, 4) is 0 Å². The highest BCUT2D eigenvalue weighted by Crippen LogP contribution is 2.20. The van der Waals surface area contributed by atoms with Crippen LogP contribution in [0.25, 0.3) is 0 Å². The van der Waals surface area contributed by atoms with Crippen LogP contribution in [0.5, 0.6) is 0 Å². The SMILES string of the molecule is CCCCCCCCCCSc1ccc[nH]c1=S. The van der Waals surface area contributed by atoms with Gasteiger partial charge in [0, 0.05) is 11.1 Å². The van der Waals surface area contributed by atoms with E-state index in [1.807, 2.05) is 24.0 Å². The van der Waals surface area contributed by atoms with E-state index in [9.17, 15) is 0 Å². The van der Waals surface area contributed by atoms with Crippen molar-refractivity contribution in [1.29, 1.82) is 0 Å². The van der Waals surface area contributed by atoms with E-state index in [0.29, 0.717) is 0 Å². The first-order chi connectivity index (χ1) is 8.84. The predicted molar refractivity (Wildman–Crippen MR) is 85.0 cm³/mol. The quantitative estimate of drug-likeness (QED) is 0.323. The lowest BCUT2D eigenvalue weighted by atomic mass is 10.1. The molecule has 0 amide bonds. The minimum atomic E-state index is 0.877. The third kappa shape index (κ3) is 7.22. The third-order valence-corrected chi connectivity index (χ3v) is 4.65. The molecule has 0 aliphatic heterocycles. The summed E-state index contributed by atoms with van der Waals surface area (Å²) < 4.78 is 0.877. The smallest absolute Gasteiger partial charge is 0.116 e. The Balaban J connectivity index is 1.96. The number of hydrogen-bond donors (Lipinski definition) is 1. The van der Waals surface area contributed by atoms with Gasteiger partial charge in [0.2, 0.25) is 0 Å². The van der Waals surface area contributed by atoms with E-state index in [-0.39, 0.29) is 0 Å². The molecular formula is C15H25NS2. The number of hydrogen-bond acceptors (Lipinski definition) is 2. The Morgan fingerprint density at radius 2 is 1.72 bits per heavy atom. The van der Waals surface area contributed by atoms with Crippen molar-refractivity contribution in [2.24, 2.45) is 0 Å². The second kappa shape index (κ2) is 10.6. The Morgan fingerprint density at radius 3 is 2.39 bits per heavy atom. The first kappa shape index (κ1) is 15.8. The summed E-state index contributed by atoms with van der Waals surface area (Å²) in [7, 11) is 0. The Bertz CT molecular complexity index is 360. The lowest BCUT2D eigenvalue weighted by molar-refractivity contribution is 0.586. The van der Waals surface area contributed by atoms with Crippen molar-refractivity contribution in [1.82, 2.24) is 4.98 Å². The standard InChI is InChI=1S/C15H25NS2/c1-2-3-4-5-6-7-8-9-13-18-14-11-10-12-16-15(14)17/h10-12H,2-9,13H2,1H3,(H,16,17). The predicted octanol–water partition coefficient (Wildman–Crippen LogP) is 5.98. The van der Waals surface area contributed by atoms with Gasteiger partial charge in [0.05, 0.1) is 0 Å². The molecule has 0 saturated carbocycles. The molecule has 1 N–H and O–H groups in total. The fraction of sp³-hybridized carbons (Fsp3) is 0.667. The van der Waals surface area contributed by atoms with Crippen LogP contribution in [0.15, 0.2) is 23.2 Å². The largest absolute Gasteiger partial charge is 0.352 e. The monoisotopic (exact) mass is 283 g/mol. The molecule has 0 aliphatic carbocycles. The molecule has 0 fully saturated rings. The number of nitrogens with one attached hydrogen (secondary N) is 1. The van der Waals surface area contributed by atoms with Crippen molar-refractivity contribution in [2.45, 2.75) is 63.2 Å². The molecule has 3 heteroatoms. The number of thioether (sulfide) groups is 1. The van der Waals surface area contributed by atoms with E-state index >= 15 is 0 Å². The molecule has 0 saturated heterocycles. The Kier molecular flexibility index (Phi) is 9.31. The molecule has 1 nitrogen and oxygen atoms in total. The molecule has 0 aromatic carbocycles. The van der Waals surface area contributed by atoms with E-state index < -0.39 is 0 Å². The summed E-state index contributed by atoms with van der Waals surface area (Å²) in [4.78, 5) is 4.29. The van der Waals surface area contributed by atoms with Crippen LogP contribution < -0.4 is 0 Å². The highest BCUT2D eigenvalue weighted by Gasteiger charge is 1.96. The summed E-state index contributed by atoms with van der Waals surface area (Å²) in [6.07, 6.45) is 13.0. The van der Waals surface area contributed by atoms with Crippen LogP contribution in [0.1, 0.15) is 58.3 Å². The number of H-pyrrole nitrogens is 1. The maximum absolute atomic E-state index is 5.24. The second-order valence-electron chi connectivity index (χ2n) is 4.69. The molecule has 0 aliphatic rings. The fourth-order valence-corrected chi connectivity index (χ4v) is 3.18. The van der Waals surface area contributed by atoms with E-state index in [2.05, 4.69) is 18.0 Å². The van der Waals surface area contributed by atoms with E-state index in [4.69, 9.17) is 12.2 Å². The van der Waals surface area contributed by atoms with E-state index in [0.717, 1.165) is 4.64 Å². The van der Waals surface area contributed by atoms with Crippen LogP contribution in [0.3, 0.4) is 0 Å². The van der Waals surface area contributed by atoms with Gasteiger partial charge in [-0.3, -0.25) is 0 Å². The molecule has 1 rings (SSSR count). The fourth-order valence-electron chi connectivity index (χ4n) is 1.94. The van der Waals surface area contributed by atoms with Crippen molar-refractivity contribution in [3.05, 3.63) is 23.0 Å². The summed E-state index contributed by atoms with van der Waals surface area (Å²) in [5, 5.41) is 0. The molecule has 1 heterocycles. The van der Waals surface area contributed by atoms with Gasteiger partial charge in [0.25, 0.3) is 0 Å². The normalized spacial score (nSPS) is 10.7. The molecule has 18 heavy (non-hydrogen) atoms. The number of aromatic nitrogens is 1. The zero-order chi connectivity index (χ0) is 13.1. The zero-order valence-electron chi connectivity index (χ0n) is 11.4. The van der Waals surface area contributed by atoms with Crippen molar-refractivity contribution in [3.63, 3.8) is 0 Å². The highest BCUT2D eigenvalue weighted by atomic mass is 32.2. The molecule has 0 atom stereocenters. The number of rotatable bonds is 10. The van der Waals surface area contributed by atoms with E-state index in [1.165, 1.54) is 62.0 Å². The first-order valence-corrected chi connectivity index (χ1v) is 8.54. The summed E-state index contributed by atoms with van der Waals surface area (Å²) in [5.41, 5.74) is 0. The lowest BCUT2D eigenvalue weighted by Gasteiger charge is -2.02. The maximum atomic E-state index is 5.24. The topological polar surface area (TPSA) is 15.8 Å². The van der Waals surface area contributed by atoms with Gasteiger partial charge in [0.15, 0.2) is 0 Å². The van der Waals surface area contributed by atoms with Gasteiger partial charge in [-0.2, -0.15) is 0 Å². The van der Waals surface area contributed by atoms with Crippen LogP contribution >= 0.6 is 24.0 Å². The minimum Gasteiger partial charge on any atom is -0.352 e. The summed E-state index contributed by atoms with van der Waals surface area (Å²) >= 11 is 7.12. The summed E-state index contributed by atoms with van der Waals surface area (Å²) in [6.45, 7) is 2.27. The van der Waals surface area contributed by atoms with Gasteiger partial charge in [-0.1, -0.05) is 64.1 Å². The molecule has 1 aromatic heterocycles. The van der Waals surface area contributed by atoms with Crippen molar-refractivity contribution < 1.29 is 0 Å². The van der Waals surface area contributed by atoms with Crippen LogP contribution in [0, 0.1) is 4.64 Å². The number of pyridine rings is 1. The van der Waals surface area contributed by atoms with Gasteiger partial charge in [-0.15, -0.1) is 11.8 Å². The highest BCUT2D eigenvalue weighted by molar-refractivity contribution is 7.99. The Morgan fingerprint density at radius 1 is 1.06 bits per heavy atom. The van der Waals surface area contributed by atoms with Gasteiger partial charge >= 0.3 is 0 Å². The third-order valence-electron chi connectivity index (χ3n) is 3.04.